The number of carbonyl (C=O) groups excluding carboxylic acids is 1. The molecule has 3 unspecified atom stereocenters. The highest BCUT2D eigenvalue weighted by molar-refractivity contribution is 7.47. The Morgan fingerprint density at radius 1 is 0.567 bits per heavy atom. The van der Waals surface area contributed by atoms with E-state index in [1.807, 2.05) is 27.2 Å². The van der Waals surface area contributed by atoms with Gasteiger partial charge in [0.05, 0.1) is 39.9 Å². The van der Waals surface area contributed by atoms with E-state index < -0.39 is 20.0 Å². The molecule has 0 aromatic heterocycles. The largest absolute Gasteiger partial charge is 0.472 e. The van der Waals surface area contributed by atoms with Crippen molar-refractivity contribution in [3.05, 3.63) is 36.5 Å². The van der Waals surface area contributed by atoms with Gasteiger partial charge in [0.2, 0.25) is 5.91 Å². The van der Waals surface area contributed by atoms with Crippen LogP contribution in [-0.2, 0) is 18.4 Å². The molecule has 8 nitrogen and oxygen atoms in total. The number of aliphatic hydroxyl groups excluding tert-OH is 1. The number of hydrogen-bond acceptors (Lipinski definition) is 5. The Bertz CT molecular complexity index is 1070. The maximum absolute atomic E-state index is 12.9. The molecule has 0 heterocycles. The molecule has 0 aromatic carbocycles. The highest BCUT2D eigenvalue weighted by Gasteiger charge is 2.27. The van der Waals surface area contributed by atoms with Gasteiger partial charge >= 0.3 is 7.82 Å². The van der Waals surface area contributed by atoms with Crippen molar-refractivity contribution in [2.45, 2.75) is 244 Å². The lowest BCUT2D eigenvalue weighted by atomic mass is 10.0. The number of hydrogen-bond donors (Lipinski definition) is 3. The first-order chi connectivity index (χ1) is 29.0. The van der Waals surface area contributed by atoms with Gasteiger partial charge in [-0.1, -0.05) is 211 Å². The highest BCUT2D eigenvalue weighted by atomic mass is 31.2. The number of phosphoric acid groups is 1. The van der Waals surface area contributed by atoms with Gasteiger partial charge in [0.25, 0.3) is 0 Å². The van der Waals surface area contributed by atoms with Crippen LogP contribution in [0.3, 0.4) is 0 Å². The van der Waals surface area contributed by atoms with E-state index in [4.69, 9.17) is 9.05 Å². The van der Waals surface area contributed by atoms with Crippen molar-refractivity contribution in [3.63, 3.8) is 0 Å². The minimum atomic E-state index is -4.33. The van der Waals surface area contributed by atoms with E-state index in [-0.39, 0.29) is 19.1 Å². The lowest BCUT2D eigenvalue weighted by molar-refractivity contribution is -0.870. The summed E-state index contributed by atoms with van der Waals surface area (Å²) in [7, 11) is 1.57. The van der Waals surface area contributed by atoms with Gasteiger partial charge in [-0.25, -0.2) is 4.57 Å². The Morgan fingerprint density at radius 3 is 1.37 bits per heavy atom. The molecule has 3 N–H and O–H groups in total. The molecule has 60 heavy (non-hydrogen) atoms. The predicted molar refractivity (Wildman–Crippen MR) is 258 cm³/mol. The minimum Gasteiger partial charge on any atom is -0.387 e. The van der Waals surface area contributed by atoms with Crippen molar-refractivity contribution < 1.29 is 32.9 Å². The molecule has 0 radical (unpaired) electrons. The van der Waals surface area contributed by atoms with Gasteiger partial charge in [-0.05, 0) is 51.4 Å². The number of likely N-dealkylation sites (N-methyl/N-ethyl adjacent to an activating group) is 1. The van der Waals surface area contributed by atoms with Gasteiger partial charge in [0, 0.05) is 6.42 Å². The fourth-order valence-electron chi connectivity index (χ4n) is 7.31. The topological polar surface area (TPSA) is 105 Å². The summed E-state index contributed by atoms with van der Waals surface area (Å²) >= 11 is 0. The molecule has 0 spiro atoms. The van der Waals surface area contributed by atoms with E-state index in [1.54, 1.807) is 6.08 Å². The van der Waals surface area contributed by atoms with E-state index in [0.717, 1.165) is 44.9 Å². The number of amides is 1. The first-order valence-corrected chi connectivity index (χ1v) is 26.9. The molecule has 354 valence electrons. The first-order valence-electron chi connectivity index (χ1n) is 25.4. The quantitative estimate of drug-likeness (QED) is 0.0244. The molecule has 0 aliphatic rings. The third kappa shape index (κ3) is 44.8. The maximum atomic E-state index is 12.9. The standard InChI is InChI=1S/C51H99N2O6P/c1-6-8-10-12-14-16-17-18-19-20-21-22-23-24-25-26-27-28-29-30-31-32-33-34-35-37-39-41-43-45-51(55)52-49(48-59-60(56,57)58-47-46-53(3,4)5)50(54)44-42-40-38-36-15-13-11-9-7-2/h17-18,20-21,42,44,49-50,54H,6-16,19,22-41,43,45-48H2,1-5H3,(H-,52,55,56,57)/p+1/b18-17-,21-20-,44-42+. The zero-order chi connectivity index (χ0) is 44.3. The molecule has 3 atom stereocenters. The van der Waals surface area contributed by atoms with Crippen molar-refractivity contribution in [2.24, 2.45) is 0 Å². The average Bonchev–Trinajstić information content (AvgIpc) is 3.20. The van der Waals surface area contributed by atoms with Crippen molar-refractivity contribution in [1.29, 1.82) is 0 Å². The van der Waals surface area contributed by atoms with E-state index in [1.165, 1.54) is 167 Å². The van der Waals surface area contributed by atoms with E-state index in [0.29, 0.717) is 17.4 Å². The number of allylic oxidation sites excluding steroid dienone is 5. The zero-order valence-corrected chi connectivity index (χ0v) is 41.1. The Labute approximate surface area is 372 Å². The maximum Gasteiger partial charge on any atom is 0.472 e. The number of carbonyl (C=O) groups is 1. The van der Waals surface area contributed by atoms with Gasteiger partial charge in [-0.3, -0.25) is 13.8 Å². The number of unbranched alkanes of at least 4 members (excludes halogenated alkanes) is 29. The molecule has 9 heteroatoms. The normalized spacial score (nSPS) is 14.4. The van der Waals surface area contributed by atoms with Gasteiger partial charge in [-0.2, -0.15) is 0 Å². The van der Waals surface area contributed by atoms with Crippen LogP contribution in [0, 0.1) is 0 Å². The molecular formula is C51H100N2O6P+. The lowest BCUT2D eigenvalue weighted by Gasteiger charge is -2.25. The fourth-order valence-corrected chi connectivity index (χ4v) is 8.04. The van der Waals surface area contributed by atoms with Crippen LogP contribution in [0.15, 0.2) is 36.5 Å². The Hall–Kier alpha value is -1.28. The summed E-state index contributed by atoms with van der Waals surface area (Å²) in [5, 5.41) is 13.8. The zero-order valence-electron chi connectivity index (χ0n) is 40.2. The number of nitrogens with zero attached hydrogens (tertiary/aromatic N) is 1. The summed E-state index contributed by atoms with van der Waals surface area (Å²) in [4.78, 5) is 23.1. The molecule has 0 saturated carbocycles. The van der Waals surface area contributed by atoms with Crippen LogP contribution >= 0.6 is 7.82 Å². The second kappa shape index (κ2) is 43.0. The first kappa shape index (κ1) is 58.7. The van der Waals surface area contributed by atoms with Gasteiger partial charge in [0.1, 0.15) is 13.2 Å². The summed E-state index contributed by atoms with van der Waals surface area (Å²) < 4.78 is 23.5. The van der Waals surface area contributed by atoms with Crippen LogP contribution in [-0.4, -0.2) is 73.4 Å². The number of quaternary nitrogens is 1. The summed E-state index contributed by atoms with van der Waals surface area (Å²) in [6.45, 7) is 4.78. The smallest absolute Gasteiger partial charge is 0.387 e. The second-order valence-corrected chi connectivity index (χ2v) is 20.0. The van der Waals surface area contributed by atoms with Gasteiger partial charge in [0.15, 0.2) is 0 Å². The molecular weight excluding hydrogens is 768 g/mol. The number of nitrogens with one attached hydrogen (secondary N) is 1. The summed E-state index contributed by atoms with van der Waals surface area (Å²) in [5.74, 6) is -0.178. The molecule has 0 aliphatic carbocycles. The van der Waals surface area contributed by atoms with Crippen molar-refractivity contribution >= 4 is 13.7 Å². The Kier molecular flexibility index (Phi) is 42.1. The fraction of sp³-hybridized carbons (Fsp3) is 0.863. The van der Waals surface area contributed by atoms with Crippen LogP contribution in [0.2, 0.25) is 0 Å². The van der Waals surface area contributed by atoms with Crippen molar-refractivity contribution in [3.8, 4) is 0 Å². The summed E-state index contributed by atoms with van der Waals surface area (Å²) in [6, 6.07) is -0.842. The van der Waals surface area contributed by atoms with Crippen LogP contribution in [0.5, 0.6) is 0 Å². The van der Waals surface area contributed by atoms with Crippen LogP contribution in [0.1, 0.15) is 232 Å². The van der Waals surface area contributed by atoms with Crippen molar-refractivity contribution in [1.82, 2.24) is 5.32 Å². The number of phosphoric ester groups is 1. The SMILES string of the molecule is CCCCCCC/C=C\C/C=C\CCCCCCCCCCCCCCCCCCCC(=O)NC(COP(=O)(O)OCC[N+](C)(C)C)C(O)/C=C/CCCCCCCCC. The molecule has 0 aromatic rings. The van der Waals surface area contributed by atoms with E-state index in [2.05, 4.69) is 43.5 Å². The lowest BCUT2D eigenvalue weighted by Crippen LogP contribution is -2.45. The Balaban J connectivity index is 4.02. The summed E-state index contributed by atoms with van der Waals surface area (Å²) in [5.41, 5.74) is 0. The van der Waals surface area contributed by atoms with Crippen molar-refractivity contribution in [2.75, 3.05) is 40.9 Å². The minimum absolute atomic E-state index is 0.0621. The molecule has 0 bridgehead atoms. The van der Waals surface area contributed by atoms with E-state index in [9.17, 15) is 19.4 Å². The van der Waals surface area contributed by atoms with E-state index >= 15 is 0 Å². The Morgan fingerprint density at radius 2 is 0.950 bits per heavy atom. The number of rotatable bonds is 46. The van der Waals surface area contributed by atoms with Gasteiger partial charge < -0.3 is 19.8 Å². The average molecular weight is 868 g/mol. The molecule has 0 saturated heterocycles. The second-order valence-electron chi connectivity index (χ2n) is 18.5. The number of aliphatic hydroxyl groups is 1. The molecule has 1 amide bonds. The third-order valence-electron chi connectivity index (χ3n) is 11.4. The monoisotopic (exact) mass is 868 g/mol. The third-order valence-corrected chi connectivity index (χ3v) is 12.3. The molecule has 0 fully saturated rings. The summed E-state index contributed by atoms with van der Waals surface area (Å²) in [6.07, 6.45) is 53.9. The van der Waals surface area contributed by atoms with Gasteiger partial charge in [-0.15, -0.1) is 0 Å². The molecule has 0 aliphatic heterocycles. The van der Waals surface area contributed by atoms with Crippen LogP contribution in [0.25, 0.3) is 0 Å². The predicted octanol–water partition coefficient (Wildman–Crippen LogP) is 14.6. The highest BCUT2D eigenvalue weighted by Crippen LogP contribution is 2.43. The van der Waals surface area contributed by atoms with Crippen LogP contribution < -0.4 is 5.32 Å². The van der Waals surface area contributed by atoms with Crippen LogP contribution in [0.4, 0.5) is 0 Å². The molecule has 0 rings (SSSR count).